The average Bonchev–Trinajstić information content (AvgIpc) is 2.67. The topological polar surface area (TPSA) is 104 Å². The summed E-state index contributed by atoms with van der Waals surface area (Å²) in [5, 5.41) is 4.86. The number of alkyl halides is 3. The number of halogens is 3. The Morgan fingerprint density at radius 2 is 1.59 bits per heavy atom. The Hall–Kier alpha value is -2.92. The molecule has 3 N–H and O–H groups in total. The van der Waals surface area contributed by atoms with Crippen LogP contribution < -0.4 is 15.4 Å². The third-order valence-corrected chi connectivity index (χ3v) is 5.45. The number of carbonyl (C=O) groups excluding carboxylic acids is 2. The normalized spacial score (nSPS) is 12.9. The summed E-state index contributed by atoms with van der Waals surface area (Å²) in [6, 6.07) is 8.08. The molecule has 0 bridgehead atoms. The molecule has 2 aromatic rings. The van der Waals surface area contributed by atoms with E-state index in [0.29, 0.717) is 11.6 Å². The number of benzene rings is 2. The van der Waals surface area contributed by atoms with Crippen molar-refractivity contribution in [1.29, 1.82) is 0 Å². The first kappa shape index (κ1) is 22.4. The van der Waals surface area contributed by atoms with Crippen molar-refractivity contribution in [2.24, 2.45) is 0 Å². The maximum atomic E-state index is 13.1. The van der Waals surface area contributed by atoms with Crippen molar-refractivity contribution in [2.45, 2.75) is 24.0 Å². The molecule has 11 heteroatoms. The van der Waals surface area contributed by atoms with E-state index in [1.165, 1.54) is 38.2 Å². The number of hydrogen-bond acceptors (Lipinski definition) is 4. The summed E-state index contributed by atoms with van der Waals surface area (Å²) in [5.74, 6) is -1.11. The summed E-state index contributed by atoms with van der Waals surface area (Å²) in [6.45, 7) is 1.20. The molecule has 2 rings (SSSR count). The van der Waals surface area contributed by atoms with Crippen LogP contribution in [0.15, 0.2) is 53.4 Å². The smallest absolute Gasteiger partial charge is 0.355 e. The maximum absolute atomic E-state index is 13.1. The van der Waals surface area contributed by atoms with Crippen molar-refractivity contribution < 1.29 is 31.2 Å². The van der Waals surface area contributed by atoms with Crippen molar-refractivity contribution in [3.8, 4) is 0 Å². The molecule has 0 aliphatic carbocycles. The van der Waals surface area contributed by atoms with Crippen molar-refractivity contribution in [1.82, 2.24) is 10.0 Å². The number of sulfonamides is 1. The zero-order chi connectivity index (χ0) is 21.8. The molecule has 7 nitrogen and oxygen atoms in total. The van der Waals surface area contributed by atoms with Crippen LogP contribution in [0.2, 0.25) is 0 Å². The molecule has 29 heavy (non-hydrogen) atoms. The van der Waals surface area contributed by atoms with E-state index in [9.17, 15) is 31.2 Å². The summed E-state index contributed by atoms with van der Waals surface area (Å²) in [5.41, 5.74) is -0.697. The first-order chi connectivity index (χ1) is 13.5. The first-order valence-corrected chi connectivity index (χ1v) is 9.75. The van der Waals surface area contributed by atoms with Gasteiger partial charge >= 0.3 is 6.18 Å². The number of nitrogens with one attached hydrogen (secondary N) is 3. The molecule has 0 spiro atoms. The van der Waals surface area contributed by atoms with E-state index < -0.39 is 38.6 Å². The molecule has 0 heterocycles. The zero-order valence-electron chi connectivity index (χ0n) is 15.4. The molecule has 2 amide bonds. The van der Waals surface area contributed by atoms with Crippen LogP contribution >= 0.6 is 0 Å². The second-order valence-corrected chi connectivity index (χ2v) is 7.67. The van der Waals surface area contributed by atoms with Gasteiger partial charge in [0.15, 0.2) is 0 Å². The number of carbonyl (C=O) groups is 2. The highest BCUT2D eigenvalue weighted by Crippen LogP contribution is 2.33. The third-order valence-electron chi connectivity index (χ3n) is 3.85. The standard InChI is InChI=1S/C18H18F3N3O4S/c1-11(16(25)23-13-9-7-12(8-10-13)17(26)22-2)24-29(27,28)15-6-4-3-5-14(15)18(19,20)21/h3-11,24H,1-2H3,(H,22,26)(H,23,25). The lowest BCUT2D eigenvalue weighted by atomic mass is 10.2. The van der Waals surface area contributed by atoms with E-state index in [1.807, 2.05) is 4.72 Å². The highest BCUT2D eigenvalue weighted by molar-refractivity contribution is 7.89. The summed E-state index contributed by atoms with van der Waals surface area (Å²) < 4.78 is 65.9. The molecular formula is C18H18F3N3O4S. The molecule has 2 aromatic carbocycles. The molecule has 0 saturated carbocycles. The van der Waals surface area contributed by atoms with Gasteiger partial charge in [-0.2, -0.15) is 17.9 Å². The SMILES string of the molecule is CNC(=O)c1ccc(NC(=O)C(C)NS(=O)(=O)c2ccccc2C(F)(F)F)cc1. The molecule has 1 unspecified atom stereocenters. The Kier molecular flexibility index (Phi) is 6.65. The zero-order valence-corrected chi connectivity index (χ0v) is 16.2. The van der Waals surface area contributed by atoms with Gasteiger partial charge in [-0.15, -0.1) is 0 Å². The molecule has 156 valence electrons. The second-order valence-electron chi connectivity index (χ2n) is 5.98. The van der Waals surface area contributed by atoms with Gasteiger partial charge in [0, 0.05) is 18.3 Å². The Morgan fingerprint density at radius 3 is 2.14 bits per heavy atom. The Morgan fingerprint density at radius 1 is 1.00 bits per heavy atom. The number of amides is 2. The van der Waals surface area contributed by atoms with Crippen molar-refractivity contribution in [3.63, 3.8) is 0 Å². The summed E-state index contributed by atoms with van der Waals surface area (Å²) in [6.07, 6.45) is -4.87. The van der Waals surface area contributed by atoms with Gasteiger partial charge in [0.1, 0.15) is 0 Å². The molecule has 0 fully saturated rings. The summed E-state index contributed by atoms with van der Waals surface area (Å²) >= 11 is 0. The van der Waals surface area contributed by atoms with Crippen molar-refractivity contribution >= 4 is 27.5 Å². The number of hydrogen-bond donors (Lipinski definition) is 3. The van der Waals surface area contributed by atoms with Crippen LogP contribution in [0.1, 0.15) is 22.8 Å². The van der Waals surface area contributed by atoms with Gasteiger partial charge in [0.05, 0.1) is 16.5 Å². The minimum Gasteiger partial charge on any atom is -0.355 e. The van der Waals surface area contributed by atoms with E-state index in [1.54, 1.807) is 0 Å². The van der Waals surface area contributed by atoms with Crippen LogP contribution in [0.3, 0.4) is 0 Å². The fraction of sp³-hybridized carbons (Fsp3) is 0.222. The number of anilines is 1. The predicted molar refractivity (Wildman–Crippen MR) is 99.7 cm³/mol. The van der Waals surface area contributed by atoms with Crippen molar-refractivity contribution in [2.75, 3.05) is 12.4 Å². The van der Waals surface area contributed by atoms with E-state index in [-0.39, 0.29) is 11.6 Å². The van der Waals surface area contributed by atoms with Gasteiger partial charge in [-0.3, -0.25) is 9.59 Å². The van der Waals surface area contributed by atoms with E-state index in [2.05, 4.69) is 10.6 Å². The molecule has 0 aliphatic rings. The van der Waals surface area contributed by atoms with Gasteiger partial charge < -0.3 is 10.6 Å². The van der Waals surface area contributed by atoms with Crippen LogP contribution in [0.5, 0.6) is 0 Å². The monoisotopic (exact) mass is 429 g/mol. The van der Waals surface area contributed by atoms with Crippen molar-refractivity contribution in [3.05, 3.63) is 59.7 Å². The summed E-state index contributed by atoms with van der Waals surface area (Å²) in [7, 11) is -3.15. The Bertz CT molecular complexity index is 1010. The predicted octanol–water partition coefficient (Wildman–Crippen LogP) is 2.37. The Labute approximate surface area is 165 Å². The minimum absolute atomic E-state index is 0.282. The summed E-state index contributed by atoms with van der Waals surface area (Å²) in [4.78, 5) is 22.8. The fourth-order valence-electron chi connectivity index (χ4n) is 2.38. The average molecular weight is 429 g/mol. The molecular weight excluding hydrogens is 411 g/mol. The van der Waals surface area contributed by atoms with E-state index in [4.69, 9.17) is 0 Å². The van der Waals surface area contributed by atoms with Crippen LogP contribution in [0.25, 0.3) is 0 Å². The highest BCUT2D eigenvalue weighted by atomic mass is 32.2. The number of rotatable bonds is 6. The van der Waals surface area contributed by atoms with E-state index >= 15 is 0 Å². The van der Waals surface area contributed by atoms with Gasteiger partial charge in [-0.05, 0) is 43.3 Å². The minimum atomic E-state index is -4.87. The third kappa shape index (κ3) is 5.55. The van der Waals surface area contributed by atoms with E-state index in [0.717, 1.165) is 18.2 Å². The molecule has 0 radical (unpaired) electrons. The van der Waals surface area contributed by atoms with Crippen LogP contribution in [-0.2, 0) is 21.0 Å². The van der Waals surface area contributed by atoms with Gasteiger partial charge in [0.2, 0.25) is 15.9 Å². The van der Waals surface area contributed by atoms with Gasteiger partial charge in [-0.1, -0.05) is 12.1 Å². The van der Waals surface area contributed by atoms with Gasteiger partial charge in [-0.25, -0.2) is 8.42 Å². The first-order valence-electron chi connectivity index (χ1n) is 8.27. The quantitative estimate of drug-likeness (QED) is 0.656. The molecule has 1 atom stereocenters. The maximum Gasteiger partial charge on any atom is 0.417 e. The fourth-order valence-corrected chi connectivity index (χ4v) is 3.82. The molecule has 0 saturated heterocycles. The lowest BCUT2D eigenvalue weighted by Gasteiger charge is -2.17. The second kappa shape index (κ2) is 8.62. The van der Waals surface area contributed by atoms with Crippen LogP contribution in [-0.4, -0.2) is 33.3 Å². The molecule has 0 aromatic heterocycles. The molecule has 0 aliphatic heterocycles. The lowest BCUT2D eigenvalue weighted by molar-refractivity contribution is -0.139. The van der Waals surface area contributed by atoms with Gasteiger partial charge in [0.25, 0.3) is 5.91 Å². The van der Waals surface area contributed by atoms with Crippen LogP contribution in [0, 0.1) is 0 Å². The van der Waals surface area contributed by atoms with Crippen LogP contribution in [0.4, 0.5) is 18.9 Å². The largest absolute Gasteiger partial charge is 0.417 e. The highest BCUT2D eigenvalue weighted by Gasteiger charge is 2.37. The lowest BCUT2D eigenvalue weighted by Crippen LogP contribution is -2.42. The Balaban J connectivity index is 2.14.